The highest BCUT2D eigenvalue weighted by Gasteiger charge is 2.14. The molecule has 1 aromatic carbocycles. The van der Waals surface area contributed by atoms with Gasteiger partial charge in [0.25, 0.3) is 0 Å². The Balaban J connectivity index is 2.41. The molecule has 96 valence electrons. The standard InChI is InChI=1S/C14H23FN2/c1-11(2)14(17(3)4)10-16-9-12-6-5-7-13(15)8-12/h5-8,11,14,16H,9-10H2,1-4H3. The lowest BCUT2D eigenvalue weighted by molar-refractivity contribution is 0.224. The van der Waals surface area contributed by atoms with Gasteiger partial charge in [0.15, 0.2) is 0 Å². The summed E-state index contributed by atoms with van der Waals surface area (Å²) in [4.78, 5) is 2.23. The summed E-state index contributed by atoms with van der Waals surface area (Å²) in [6.45, 7) is 6.07. The normalized spacial score (nSPS) is 13.4. The second-order valence-corrected chi connectivity index (χ2v) is 5.04. The van der Waals surface area contributed by atoms with Crippen molar-refractivity contribution in [3.8, 4) is 0 Å². The molecular weight excluding hydrogens is 215 g/mol. The van der Waals surface area contributed by atoms with E-state index < -0.39 is 0 Å². The first kappa shape index (κ1) is 14.1. The van der Waals surface area contributed by atoms with Gasteiger partial charge in [-0.2, -0.15) is 0 Å². The number of hydrogen-bond donors (Lipinski definition) is 1. The highest BCUT2D eigenvalue weighted by atomic mass is 19.1. The molecule has 0 aliphatic carbocycles. The van der Waals surface area contributed by atoms with Gasteiger partial charge < -0.3 is 10.2 Å². The Labute approximate surface area is 104 Å². The number of halogens is 1. The van der Waals surface area contributed by atoms with Crippen LogP contribution in [0.15, 0.2) is 24.3 Å². The fourth-order valence-corrected chi connectivity index (χ4v) is 2.03. The first-order valence-electron chi connectivity index (χ1n) is 6.12. The molecule has 1 N–H and O–H groups in total. The van der Waals surface area contributed by atoms with Crippen LogP contribution in [0.3, 0.4) is 0 Å². The third-order valence-electron chi connectivity index (χ3n) is 3.00. The van der Waals surface area contributed by atoms with E-state index in [0.717, 1.165) is 18.7 Å². The zero-order chi connectivity index (χ0) is 12.8. The molecule has 0 bridgehead atoms. The maximum absolute atomic E-state index is 13.0. The van der Waals surface area contributed by atoms with Crippen LogP contribution in [-0.2, 0) is 6.54 Å². The monoisotopic (exact) mass is 238 g/mol. The van der Waals surface area contributed by atoms with Crippen molar-refractivity contribution in [2.24, 2.45) is 5.92 Å². The third kappa shape index (κ3) is 4.84. The fourth-order valence-electron chi connectivity index (χ4n) is 2.03. The Morgan fingerprint density at radius 1 is 1.29 bits per heavy atom. The third-order valence-corrected chi connectivity index (χ3v) is 3.00. The van der Waals surface area contributed by atoms with Crippen molar-refractivity contribution < 1.29 is 4.39 Å². The van der Waals surface area contributed by atoms with Crippen molar-refractivity contribution in [3.63, 3.8) is 0 Å². The highest BCUT2D eigenvalue weighted by molar-refractivity contribution is 5.15. The van der Waals surface area contributed by atoms with Gasteiger partial charge in [-0.05, 0) is 37.7 Å². The molecule has 0 aromatic heterocycles. The summed E-state index contributed by atoms with van der Waals surface area (Å²) < 4.78 is 13.0. The van der Waals surface area contributed by atoms with Gasteiger partial charge in [-0.1, -0.05) is 26.0 Å². The van der Waals surface area contributed by atoms with Crippen LogP contribution >= 0.6 is 0 Å². The van der Waals surface area contributed by atoms with Crippen LogP contribution in [0.4, 0.5) is 4.39 Å². The Kier molecular flexibility index (Phi) is 5.59. The molecule has 0 spiro atoms. The van der Waals surface area contributed by atoms with E-state index >= 15 is 0 Å². The molecule has 1 rings (SSSR count). The van der Waals surface area contributed by atoms with Crippen molar-refractivity contribution in [2.75, 3.05) is 20.6 Å². The summed E-state index contributed by atoms with van der Waals surface area (Å²) in [6, 6.07) is 7.24. The summed E-state index contributed by atoms with van der Waals surface area (Å²) in [7, 11) is 4.18. The first-order valence-corrected chi connectivity index (χ1v) is 6.12. The predicted octanol–water partition coefficient (Wildman–Crippen LogP) is 2.50. The second kappa shape index (κ2) is 6.72. The Morgan fingerprint density at radius 3 is 2.53 bits per heavy atom. The number of hydrogen-bond acceptors (Lipinski definition) is 2. The molecule has 1 unspecified atom stereocenters. The molecule has 0 fully saturated rings. The minimum atomic E-state index is -0.169. The number of nitrogens with one attached hydrogen (secondary N) is 1. The van der Waals surface area contributed by atoms with E-state index in [4.69, 9.17) is 0 Å². The van der Waals surface area contributed by atoms with Gasteiger partial charge >= 0.3 is 0 Å². The first-order chi connectivity index (χ1) is 8.00. The van der Waals surface area contributed by atoms with Crippen LogP contribution in [0.25, 0.3) is 0 Å². The Bertz CT molecular complexity index is 329. The SMILES string of the molecule is CC(C)C(CNCc1cccc(F)c1)N(C)C. The van der Waals surface area contributed by atoms with E-state index in [1.807, 2.05) is 6.07 Å². The van der Waals surface area contributed by atoms with Crippen molar-refractivity contribution >= 4 is 0 Å². The van der Waals surface area contributed by atoms with Crippen LogP contribution in [0, 0.1) is 11.7 Å². The van der Waals surface area contributed by atoms with Gasteiger partial charge in [-0.25, -0.2) is 4.39 Å². The maximum atomic E-state index is 13.0. The Morgan fingerprint density at radius 2 is 2.00 bits per heavy atom. The smallest absolute Gasteiger partial charge is 0.123 e. The molecule has 0 aliphatic heterocycles. The average Bonchev–Trinajstić information content (AvgIpc) is 2.23. The van der Waals surface area contributed by atoms with E-state index in [-0.39, 0.29) is 5.82 Å². The fraction of sp³-hybridized carbons (Fsp3) is 0.571. The molecule has 3 heteroatoms. The van der Waals surface area contributed by atoms with Crippen LogP contribution in [0.1, 0.15) is 19.4 Å². The van der Waals surface area contributed by atoms with Gasteiger partial charge in [-0.3, -0.25) is 0 Å². The molecular formula is C14H23FN2. The summed E-state index contributed by atoms with van der Waals surface area (Å²) in [5, 5.41) is 3.38. The van der Waals surface area contributed by atoms with Crippen LogP contribution in [0.2, 0.25) is 0 Å². The molecule has 0 heterocycles. The topological polar surface area (TPSA) is 15.3 Å². The van der Waals surface area contributed by atoms with E-state index in [0.29, 0.717) is 12.0 Å². The van der Waals surface area contributed by atoms with Crippen LogP contribution in [0.5, 0.6) is 0 Å². The molecule has 0 amide bonds. The van der Waals surface area contributed by atoms with Crippen LogP contribution in [-0.4, -0.2) is 31.6 Å². The summed E-state index contributed by atoms with van der Waals surface area (Å²) in [5.41, 5.74) is 0.992. The van der Waals surface area contributed by atoms with Crippen molar-refractivity contribution in [1.82, 2.24) is 10.2 Å². The minimum absolute atomic E-state index is 0.169. The molecule has 0 aliphatic rings. The number of likely N-dealkylation sites (N-methyl/N-ethyl adjacent to an activating group) is 1. The molecule has 1 atom stereocenters. The summed E-state index contributed by atoms with van der Waals surface area (Å²) in [6.07, 6.45) is 0. The van der Waals surface area contributed by atoms with Crippen molar-refractivity contribution in [1.29, 1.82) is 0 Å². The van der Waals surface area contributed by atoms with Gasteiger partial charge in [-0.15, -0.1) is 0 Å². The molecule has 0 radical (unpaired) electrons. The van der Waals surface area contributed by atoms with Crippen LogP contribution < -0.4 is 5.32 Å². The van der Waals surface area contributed by atoms with E-state index in [9.17, 15) is 4.39 Å². The van der Waals surface area contributed by atoms with Gasteiger partial charge in [0.1, 0.15) is 5.82 Å². The zero-order valence-corrected chi connectivity index (χ0v) is 11.2. The van der Waals surface area contributed by atoms with E-state index in [2.05, 4.69) is 38.2 Å². The molecule has 0 saturated heterocycles. The minimum Gasteiger partial charge on any atom is -0.311 e. The summed E-state index contributed by atoms with van der Waals surface area (Å²) >= 11 is 0. The van der Waals surface area contributed by atoms with Gasteiger partial charge in [0, 0.05) is 19.1 Å². The Hall–Kier alpha value is -0.930. The number of rotatable bonds is 6. The quantitative estimate of drug-likeness (QED) is 0.819. The predicted molar refractivity (Wildman–Crippen MR) is 70.4 cm³/mol. The molecule has 1 aromatic rings. The van der Waals surface area contributed by atoms with E-state index in [1.165, 1.54) is 6.07 Å². The maximum Gasteiger partial charge on any atom is 0.123 e. The molecule has 0 saturated carbocycles. The molecule has 2 nitrogen and oxygen atoms in total. The largest absolute Gasteiger partial charge is 0.311 e. The number of benzene rings is 1. The number of nitrogens with zero attached hydrogens (tertiary/aromatic N) is 1. The van der Waals surface area contributed by atoms with Gasteiger partial charge in [0.2, 0.25) is 0 Å². The lowest BCUT2D eigenvalue weighted by Gasteiger charge is -2.28. The summed E-state index contributed by atoms with van der Waals surface area (Å²) in [5.74, 6) is 0.433. The van der Waals surface area contributed by atoms with E-state index in [1.54, 1.807) is 12.1 Å². The van der Waals surface area contributed by atoms with Gasteiger partial charge in [0.05, 0.1) is 0 Å². The lowest BCUT2D eigenvalue weighted by Crippen LogP contribution is -2.41. The van der Waals surface area contributed by atoms with Crippen molar-refractivity contribution in [2.45, 2.75) is 26.4 Å². The lowest BCUT2D eigenvalue weighted by atomic mass is 10.0. The molecule has 17 heavy (non-hydrogen) atoms. The van der Waals surface area contributed by atoms with Crippen molar-refractivity contribution in [3.05, 3.63) is 35.6 Å². The second-order valence-electron chi connectivity index (χ2n) is 5.04. The average molecular weight is 238 g/mol. The zero-order valence-electron chi connectivity index (χ0n) is 11.2. The highest BCUT2D eigenvalue weighted by Crippen LogP contribution is 2.07.